The van der Waals surface area contributed by atoms with Gasteiger partial charge in [0.25, 0.3) is 10.1 Å². The van der Waals surface area contributed by atoms with Crippen LogP contribution in [0.1, 0.15) is 80.0 Å². The van der Waals surface area contributed by atoms with Gasteiger partial charge < -0.3 is 15.3 Å². The first kappa shape index (κ1) is 33.5. The Labute approximate surface area is 215 Å². The van der Waals surface area contributed by atoms with Gasteiger partial charge in [-0.25, -0.2) is 9.59 Å². The van der Waals surface area contributed by atoms with E-state index in [1.807, 2.05) is 6.07 Å². The second kappa shape index (κ2) is 18.7. The number of unbranched alkanes of at least 4 members (excludes halogenated alkanes) is 3. The Morgan fingerprint density at radius 3 is 1.39 bits per heavy atom. The van der Waals surface area contributed by atoms with Crippen LogP contribution in [-0.4, -0.2) is 58.7 Å². The average Bonchev–Trinajstić information content (AvgIpc) is 2.84. The van der Waals surface area contributed by atoms with E-state index >= 15 is 0 Å². The molecule has 0 heterocycles. The zero-order valence-corrected chi connectivity index (χ0v) is 23.0. The van der Waals surface area contributed by atoms with Crippen molar-refractivity contribution in [3.05, 3.63) is 59.7 Å². The highest BCUT2D eigenvalue weighted by Gasteiger charge is 2.17. The highest BCUT2D eigenvalue weighted by Crippen LogP contribution is 2.38. The number of carboxylic acids is 2. The summed E-state index contributed by atoms with van der Waals surface area (Å²) >= 11 is 0. The van der Waals surface area contributed by atoms with E-state index in [9.17, 15) is 18.0 Å². The smallest absolute Gasteiger partial charge is 0.335 e. The Balaban J connectivity index is 0.000000547. The molecule has 0 saturated carbocycles. The molecule has 0 aliphatic carbocycles. The van der Waals surface area contributed by atoms with Crippen LogP contribution >= 0.6 is 7.92 Å². The topological polar surface area (TPSA) is 149 Å². The number of aromatic hydroxyl groups is 1. The summed E-state index contributed by atoms with van der Waals surface area (Å²) in [6, 6.07) is 10.8. The number of phenols is 1. The summed E-state index contributed by atoms with van der Waals surface area (Å²) in [5.41, 5.74) is -1.07. The Morgan fingerprint density at radius 1 is 0.750 bits per heavy atom. The predicted octanol–water partition coefficient (Wildman–Crippen LogP) is 6.59. The zero-order chi connectivity index (χ0) is 27.6. The fourth-order valence-corrected chi connectivity index (χ4v) is 6.42. The van der Waals surface area contributed by atoms with E-state index in [0.717, 1.165) is 6.07 Å². The van der Waals surface area contributed by atoms with Crippen LogP contribution in [0.15, 0.2) is 53.4 Å². The highest BCUT2D eigenvalue weighted by atomic mass is 32.2. The van der Waals surface area contributed by atoms with Gasteiger partial charge in [0.05, 0.1) is 16.0 Å². The molecular formula is C26H39O8PS. The van der Waals surface area contributed by atoms with Gasteiger partial charge in [-0.15, -0.1) is 7.92 Å². The largest absolute Gasteiger partial charge is 0.508 e. The third-order valence-corrected chi connectivity index (χ3v) is 8.62. The minimum atomic E-state index is -4.64. The summed E-state index contributed by atoms with van der Waals surface area (Å²) < 4.78 is 30.2. The maximum absolute atomic E-state index is 10.8. The van der Waals surface area contributed by atoms with Gasteiger partial charge in [-0.3, -0.25) is 4.55 Å². The van der Waals surface area contributed by atoms with Crippen LogP contribution in [0.5, 0.6) is 5.75 Å². The average molecular weight is 543 g/mol. The van der Waals surface area contributed by atoms with Crippen molar-refractivity contribution in [2.45, 2.75) is 64.2 Å². The van der Waals surface area contributed by atoms with Gasteiger partial charge in [-0.2, -0.15) is 8.42 Å². The van der Waals surface area contributed by atoms with E-state index in [1.165, 1.54) is 38.5 Å². The van der Waals surface area contributed by atoms with Crippen molar-refractivity contribution in [1.29, 1.82) is 0 Å². The number of benzene rings is 2. The summed E-state index contributed by atoms with van der Waals surface area (Å²) in [5.74, 6) is -2.66. The number of hydrogen-bond acceptors (Lipinski definition) is 5. The van der Waals surface area contributed by atoms with Gasteiger partial charge >= 0.3 is 11.9 Å². The molecule has 202 valence electrons. The van der Waals surface area contributed by atoms with Gasteiger partial charge in [0.15, 0.2) is 0 Å². The maximum atomic E-state index is 10.8. The molecule has 0 bridgehead atoms. The zero-order valence-electron chi connectivity index (χ0n) is 21.3. The molecule has 8 nitrogen and oxygen atoms in total. The summed E-state index contributed by atoms with van der Waals surface area (Å²) in [6.07, 6.45) is 13.2. The molecule has 0 spiro atoms. The second-order valence-corrected chi connectivity index (χ2v) is 12.2. The molecule has 2 aromatic rings. The van der Waals surface area contributed by atoms with Gasteiger partial charge in [-0.05, 0) is 68.1 Å². The molecule has 0 aliphatic heterocycles. The standard InChI is InChI=1S/C12H27P.C8H6O7S.C6H6O/c1-4-7-10-13(11-8-5-2)12-9-6-3;9-7(10)4-1-5(8(11)12)3-6(2-4)16(13,14)15;7-6-4-2-1-3-5-6/h4-12H2,1-3H3;1-3H,(H,9,10)(H,11,12)(H,13,14,15);1-5,7H. The Hall–Kier alpha value is -2.48. The fourth-order valence-electron chi connectivity index (χ4n) is 2.90. The predicted molar refractivity (Wildman–Crippen MR) is 145 cm³/mol. The van der Waals surface area contributed by atoms with Crippen molar-refractivity contribution in [3.8, 4) is 5.75 Å². The monoisotopic (exact) mass is 542 g/mol. The molecule has 0 unspecified atom stereocenters. The van der Waals surface area contributed by atoms with Crippen molar-refractivity contribution in [3.63, 3.8) is 0 Å². The molecule has 0 aromatic heterocycles. The molecular weight excluding hydrogens is 503 g/mol. The quantitative estimate of drug-likeness (QED) is 0.173. The molecule has 2 aromatic carbocycles. The lowest BCUT2D eigenvalue weighted by molar-refractivity contribution is 0.0696. The molecule has 0 fully saturated rings. The van der Waals surface area contributed by atoms with Crippen LogP contribution in [0.2, 0.25) is 0 Å². The number of hydrogen-bond donors (Lipinski definition) is 4. The van der Waals surface area contributed by atoms with E-state index in [-0.39, 0.29) is 0 Å². The highest BCUT2D eigenvalue weighted by molar-refractivity contribution is 7.85. The molecule has 2 rings (SSSR count). The minimum absolute atomic E-state index is 0.322. The first-order valence-electron chi connectivity index (χ1n) is 12.0. The molecule has 36 heavy (non-hydrogen) atoms. The SMILES string of the molecule is CCCCP(CCCC)CCCC.O=C(O)c1cc(C(=O)O)cc(S(=O)(=O)O)c1.Oc1ccccc1. The molecule has 0 aliphatic rings. The van der Waals surface area contributed by atoms with Crippen molar-refractivity contribution in [2.75, 3.05) is 18.5 Å². The van der Waals surface area contributed by atoms with E-state index < -0.39 is 38.1 Å². The Morgan fingerprint density at radius 2 is 1.14 bits per heavy atom. The number of para-hydroxylation sites is 1. The molecule has 0 saturated heterocycles. The van der Waals surface area contributed by atoms with Crippen molar-refractivity contribution < 1.29 is 37.9 Å². The van der Waals surface area contributed by atoms with E-state index in [0.29, 0.717) is 25.8 Å². The van der Waals surface area contributed by atoms with Crippen molar-refractivity contribution in [2.24, 2.45) is 0 Å². The molecule has 0 amide bonds. The van der Waals surface area contributed by atoms with Gasteiger partial charge in [0, 0.05) is 0 Å². The first-order valence-corrected chi connectivity index (χ1v) is 15.3. The van der Waals surface area contributed by atoms with Crippen LogP contribution in [0.3, 0.4) is 0 Å². The molecule has 4 N–H and O–H groups in total. The number of phenolic OH excluding ortho intramolecular Hbond substituents is 1. The lowest BCUT2D eigenvalue weighted by Crippen LogP contribution is -2.07. The van der Waals surface area contributed by atoms with Gasteiger partial charge in [0.2, 0.25) is 0 Å². The van der Waals surface area contributed by atoms with Crippen LogP contribution < -0.4 is 0 Å². The second-order valence-electron chi connectivity index (χ2n) is 8.07. The summed E-state index contributed by atoms with van der Waals surface area (Å²) in [7, 11) is -4.22. The molecule has 10 heteroatoms. The van der Waals surface area contributed by atoms with E-state index in [2.05, 4.69) is 20.8 Å². The third-order valence-electron chi connectivity index (χ3n) is 4.94. The third kappa shape index (κ3) is 15.5. The van der Waals surface area contributed by atoms with Crippen molar-refractivity contribution >= 4 is 30.0 Å². The number of aromatic carboxylic acids is 2. The Bertz CT molecular complexity index is 959. The van der Waals surface area contributed by atoms with Crippen LogP contribution in [-0.2, 0) is 10.1 Å². The summed E-state index contributed by atoms with van der Waals surface area (Å²) in [6.45, 7) is 6.94. The summed E-state index contributed by atoms with van der Waals surface area (Å²) in [4.78, 5) is 20.4. The number of rotatable bonds is 12. The van der Waals surface area contributed by atoms with Gasteiger partial charge in [-0.1, -0.05) is 58.2 Å². The van der Waals surface area contributed by atoms with Crippen LogP contribution in [0.25, 0.3) is 0 Å². The van der Waals surface area contributed by atoms with E-state index in [1.54, 1.807) is 42.8 Å². The lowest BCUT2D eigenvalue weighted by atomic mass is 10.1. The van der Waals surface area contributed by atoms with E-state index in [4.69, 9.17) is 19.9 Å². The normalized spacial score (nSPS) is 10.6. The first-order chi connectivity index (χ1) is 17.0. The lowest BCUT2D eigenvalue weighted by Gasteiger charge is -2.16. The molecule has 0 atom stereocenters. The number of carboxylic acid groups (broad SMARTS) is 2. The van der Waals surface area contributed by atoms with Crippen LogP contribution in [0, 0.1) is 0 Å². The fraction of sp³-hybridized carbons (Fsp3) is 0.462. The van der Waals surface area contributed by atoms with Gasteiger partial charge in [0.1, 0.15) is 5.75 Å². The molecule has 0 radical (unpaired) electrons. The minimum Gasteiger partial charge on any atom is -0.508 e. The van der Waals surface area contributed by atoms with Crippen LogP contribution in [0.4, 0.5) is 0 Å². The number of carbonyl (C=O) groups is 2. The van der Waals surface area contributed by atoms with Crippen molar-refractivity contribution in [1.82, 2.24) is 0 Å². The maximum Gasteiger partial charge on any atom is 0.335 e. The Kier molecular flexibility index (Phi) is 17.5. The summed E-state index contributed by atoms with van der Waals surface area (Å²) in [5, 5.41) is 25.9.